The van der Waals surface area contributed by atoms with Crippen LogP contribution in [0.15, 0.2) is 36.9 Å². The van der Waals surface area contributed by atoms with Crippen LogP contribution in [0.5, 0.6) is 0 Å². The molecule has 2 heterocycles. The molecule has 0 aliphatic rings. The summed E-state index contributed by atoms with van der Waals surface area (Å²) in [6, 6.07) is 3.30. The normalized spacial score (nSPS) is 11.4. The Morgan fingerprint density at radius 3 is 2.65 bits per heavy atom. The van der Waals surface area contributed by atoms with E-state index in [0.717, 1.165) is 14.3 Å². The van der Waals surface area contributed by atoms with Crippen LogP contribution in [0.25, 0.3) is 21.9 Å². The SMILES string of the molecule is Cn1cc(-c2cc3cncc(I)c3cc2C(F)F)cn1. The minimum Gasteiger partial charge on any atom is -0.275 e. The van der Waals surface area contributed by atoms with Gasteiger partial charge < -0.3 is 0 Å². The van der Waals surface area contributed by atoms with E-state index in [2.05, 4.69) is 32.7 Å². The van der Waals surface area contributed by atoms with Crippen LogP contribution in [-0.4, -0.2) is 14.8 Å². The molecule has 2 aromatic heterocycles. The number of hydrogen-bond acceptors (Lipinski definition) is 2. The summed E-state index contributed by atoms with van der Waals surface area (Å²) in [6.07, 6.45) is 4.15. The molecule has 0 aliphatic heterocycles. The second kappa shape index (κ2) is 5.08. The highest BCUT2D eigenvalue weighted by atomic mass is 127. The van der Waals surface area contributed by atoms with Crippen LogP contribution < -0.4 is 0 Å². The van der Waals surface area contributed by atoms with E-state index in [9.17, 15) is 8.78 Å². The van der Waals surface area contributed by atoms with Crippen LogP contribution in [-0.2, 0) is 7.05 Å². The summed E-state index contributed by atoms with van der Waals surface area (Å²) in [4.78, 5) is 4.11. The van der Waals surface area contributed by atoms with E-state index in [1.54, 1.807) is 48.6 Å². The minimum absolute atomic E-state index is 0.0228. The predicted molar refractivity (Wildman–Crippen MR) is 81.6 cm³/mol. The third kappa shape index (κ3) is 2.28. The molecule has 0 N–H and O–H groups in total. The average molecular weight is 385 g/mol. The highest BCUT2D eigenvalue weighted by molar-refractivity contribution is 14.1. The number of aromatic nitrogens is 3. The van der Waals surface area contributed by atoms with Crippen LogP contribution in [0.3, 0.4) is 0 Å². The topological polar surface area (TPSA) is 30.7 Å². The lowest BCUT2D eigenvalue weighted by molar-refractivity contribution is 0.152. The van der Waals surface area contributed by atoms with Crippen molar-refractivity contribution >= 4 is 33.4 Å². The van der Waals surface area contributed by atoms with Gasteiger partial charge in [0.05, 0.1) is 6.20 Å². The molecule has 0 unspecified atom stereocenters. The second-order valence-electron chi connectivity index (χ2n) is 4.49. The molecule has 0 aliphatic carbocycles. The van der Waals surface area contributed by atoms with Crippen molar-refractivity contribution in [3.63, 3.8) is 0 Å². The Morgan fingerprint density at radius 1 is 1.20 bits per heavy atom. The fourth-order valence-corrected chi connectivity index (χ4v) is 2.82. The zero-order valence-corrected chi connectivity index (χ0v) is 12.7. The van der Waals surface area contributed by atoms with E-state index in [1.165, 1.54) is 0 Å². The van der Waals surface area contributed by atoms with Gasteiger partial charge in [-0.05, 0) is 45.7 Å². The number of aryl methyl sites for hydroxylation is 1. The van der Waals surface area contributed by atoms with Crippen molar-refractivity contribution in [2.24, 2.45) is 7.05 Å². The molecule has 0 amide bonds. The van der Waals surface area contributed by atoms with Gasteiger partial charge in [0.2, 0.25) is 0 Å². The summed E-state index contributed by atoms with van der Waals surface area (Å²) in [6.45, 7) is 0. The van der Waals surface area contributed by atoms with Crippen molar-refractivity contribution in [1.29, 1.82) is 0 Å². The summed E-state index contributed by atoms with van der Waals surface area (Å²) in [5.41, 5.74) is 1.21. The van der Waals surface area contributed by atoms with Gasteiger partial charge >= 0.3 is 0 Å². The highest BCUT2D eigenvalue weighted by Gasteiger charge is 2.17. The van der Waals surface area contributed by atoms with Gasteiger partial charge in [0.25, 0.3) is 6.43 Å². The number of halogens is 3. The van der Waals surface area contributed by atoms with Gasteiger partial charge in [0.1, 0.15) is 0 Å². The Kier molecular flexibility index (Phi) is 3.41. The fraction of sp³-hybridized carbons (Fsp3) is 0.143. The molecular weight excluding hydrogens is 375 g/mol. The molecule has 0 atom stereocenters. The molecule has 6 heteroatoms. The minimum atomic E-state index is -2.53. The van der Waals surface area contributed by atoms with E-state index in [0.29, 0.717) is 11.1 Å². The Balaban J connectivity index is 2.32. The van der Waals surface area contributed by atoms with Crippen molar-refractivity contribution in [3.05, 3.63) is 46.1 Å². The number of alkyl halides is 2. The van der Waals surface area contributed by atoms with Crippen LogP contribution in [0, 0.1) is 3.57 Å². The van der Waals surface area contributed by atoms with Crippen molar-refractivity contribution in [2.75, 3.05) is 0 Å². The van der Waals surface area contributed by atoms with Crippen molar-refractivity contribution < 1.29 is 8.78 Å². The summed E-state index contributed by atoms with van der Waals surface area (Å²) < 4.78 is 29.1. The number of rotatable bonds is 2. The zero-order chi connectivity index (χ0) is 14.3. The largest absolute Gasteiger partial charge is 0.275 e. The molecule has 0 saturated carbocycles. The first-order chi connectivity index (χ1) is 9.56. The van der Waals surface area contributed by atoms with Gasteiger partial charge in [0, 0.05) is 45.7 Å². The number of pyridine rings is 1. The van der Waals surface area contributed by atoms with Gasteiger partial charge in [-0.3, -0.25) is 9.67 Å². The monoisotopic (exact) mass is 385 g/mol. The van der Waals surface area contributed by atoms with E-state index < -0.39 is 6.43 Å². The third-order valence-corrected chi connectivity index (χ3v) is 3.99. The van der Waals surface area contributed by atoms with Gasteiger partial charge in [-0.15, -0.1) is 0 Å². The summed E-state index contributed by atoms with van der Waals surface area (Å²) in [5.74, 6) is 0. The maximum absolute atomic E-state index is 13.3. The maximum Gasteiger partial charge on any atom is 0.264 e. The number of benzene rings is 1. The first-order valence-corrected chi connectivity index (χ1v) is 6.98. The van der Waals surface area contributed by atoms with Crippen LogP contribution in [0.1, 0.15) is 12.0 Å². The molecule has 3 aromatic rings. The van der Waals surface area contributed by atoms with E-state index in [1.807, 2.05) is 0 Å². The number of nitrogens with zero attached hydrogens (tertiary/aromatic N) is 3. The molecule has 3 nitrogen and oxygen atoms in total. The first-order valence-electron chi connectivity index (χ1n) is 5.90. The van der Waals surface area contributed by atoms with E-state index in [4.69, 9.17) is 0 Å². The summed E-state index contributed by atoms with van der Waals surface area (Å²) in [5, 5.41) is 5.69. The quantitative estimate of drug-likeness (QED) is 0.620. The average Bonchev–Trinajstić information content (AvgIpc) is 2.84. The van der Waals surface area contributed by atoms with Gasteiger partial charge in [0.15, 0.2) is 0 Å². The fourth-order valence-electron chi connectivity index (χ4n) is 2.19. The molecule has 0 saturated heterocycles. The molecule has 20 heavy (non-hydrogen) atoms. The van der Waals surface area contributed by atoms with Crippen molar-refractivity contribution in [1.82, 2.24) is 14.8 Å². The Morgan fingerprint density at radius 2 is 2.00 bits per heavy atom. The first kappa shape index (κ1) is 13.4. The molecule has 3 rings (SSSR count). The third-order valence-electron chi connectivity index (χ3n) is 3.13. The predicted octanol–water partition coefficient (Wildman–Crippen LogP) is 4.18. The Bertz CT molecular complexity index is 783. The molecule has 0 bridgehead atoms. The Labute approximate surface area is 127 Å². The van der Waals surface area contributed by atoms with E-state index in [-0.39, 0.29) is 5.56 Å². The molecule has 1 aromatic carbocycles. The Hall–Kier alpha value is -1.57. The number of hydrogen-bond donors (Lipinski definition) is 0. The lowest BCUT2D eigenvalue weighted by atomic mass is 9.98. The highest BCUT2D eigenvalue weighted by Crippen LogP contribution is 2.35. The van der Waals surface area contributed by atoms with Crippen molar-refractivity contribution in [2.45, 2.75) is 6.43 Å². The van der Waals surface area contributed by atoms with Crippen LogP contribution >= 0.6 is 22.6 Å². The second-order valence-corrected chi connectivity index (χ2v) is 5.65. The maximum atomic E-state index is 13.3. The van der Waals surface area contributed by atoms with Crippen molar-refractivity contribution in [3.8, 4) is 11.1 Å². The van der Waals surface area contributed by atoms with Crippen LogP contribution in [0.4, 0.5) is 8.78 Å². The lowest BCUT2D eigenvalue weighted by Gasteiger charge is -2.10. The molecule has 0 spiro atoms. The summed E-state index contributed by atoms with van der Waals surface area (Å²) in [7, 11) is 1.76. The van der Waals surface area contributed by atoms with E-state index >= 15 is 0 Å². The van der Waals surface area contributed by atoms with Crippen LogP contribution in [0.2, 0.25) is 0 Å². The summed E-state index contributed by atoms with van der Waals surface area (Å²) >= 11 is 2.10. The van der Waals surface area contributed by atoms with Gasteiger partial charge in [-0.1, -0.05) is 0 Å². The lowest BCUT2D eigenvalue weighted by Crippen LogP contribution is -1.92. The smallest absolute Gasteiger partial charge is 0.264 e. The molecule has 0 fully saturated rings. The van der Waals surface area contributed by atoms with Gasteiger partial charge in [-0.25, -0.2) is 8.78 Å². The molecular formula is C14H10F2IN3. The van der Waals surface area contributed by atoms with Gasteiger partial charge in [-0.2, -0.15) is 5.10 Å². The molecule has 102 valence electrons. The standard InChI is InChI=1S/C14H10F2IN3/c1-20-7-9(5-19-20)10-2-8-4-18-6-13(17)11(8)3-12(10)14(15)16/h2-7,14H,1H3. The number of fused-ring (bicyclic) bond motifs is 1. The molecule has 0 radical (unpaired) electrons. The zero-order valence-electron chi connectivity index (χ0n) is 10.5.